The van der Waals surface area contributed by atoms with Gasteiger partial charge in [-0.15, -0.1) is 11.3 Å². The van der Waals surface area contributed by atoms with Gasteiger partial charge in [-0.2, -0.15) is 0 Å². The lowest BCUT2D eigenvalue weighted by Gasteiger charge is -2.34. The van der Waals surface area contributed by atoms with E-state index in [2.05, 4.69) is 52.1 Å². The van der Waals surface area contributed by atoms with Gasteiger partial charge in [-0.1, -0.05) is 23.8 Å². The predicted molar refractivity (Wildman–Crippen MR) is 147 cm³/mol. The highest BCUT2D eigenvalue weighted by molar-refractivity contribution is 7.13. The molecule has 2 aromatic rings. The molecule has 1 amide bonds. The number of aryl methyl sites for hydroxylation is 2. The summed E-state index contributed by atoms with van der Waals surface area (Å²) in [5.41, 5.74) is 10.0. The molecule has 8 nitrogen and oxygen atoms in total. The molecule has 1 aromatic carbocycles. The number of benzene rings is 1. The highest BCUT2D eigenvalue weighted by atomic mass is 32.1. The number of anilines is 1. The van der Waals surface area contributed by atoms with Gasteiger partial charge in [-0.3, -0.25) is 9.69 Å². The molecule has 200 valence electrons. The Kier molecular flexibility index (Phi) is 12.6. The first-order valence-corrected chi connectivity index (χ1v) is 14.1. The van der Waals surface area contributed by atoms with E-state index in [-0.39, 0.29) is 5.91 Å². The van der Waals surface area contributed by atoms with Crippen LogP contribution in [0.25, 0.3) is 0 Å². The highest BCUT2D eigenvalue weighted by Gasteiger charge is 2.21. The fourth-order valence-corrected chi connectivity index (χ4v) is 4.95. The lowest BCUT2D eigenvalue weighted by molar-refractivity contribution is 0.0920. The molecule has 3 rings (SSSR count). The maximum absolute atomic E-state index is 12.5. The SMILES string of the molecule is Cc1ccc(C)c(CN2CCN(c3nc(C(=O)NCCCOCCCCOCCCN)cs3)CC2)c1. The lowest BCUT2D eigenvalue weighted by atomic mass is 10.0. The molecule has 0 saturated carbocycles. The molecule has 36 heavy (non-hydrogen) atoms. The van der Waals surface area contributed by atoms with Gasteiger partial charge in [0.25, 0.3) is 5.91 Å². The zero-order valence-electron chi connectivity index (χ0n) is 22.0. The van der Waals surface area contributed by atoms with E-state index in [1.807, 2.05) is 5.38 Å². The van der Waals surface area contributed by atoms with E-state index < -0.39 is 0 Å². The van der Waals surface area contributed by atoms with Gasteiger partial charge >= 0.3 is 0 Å². The first-order valence-electron chi connectivity index (χ1n) is 13.2. The molecule has 0 unspecified atom stereocenters. The first kappa shape index (κ1) is 28.5. The van der Waals surface area contributed by atoms with Crippen LogP contribution in [0.5, 0.6) is 0 Å². The number of nitrogens with two attached hydrogens (primary N) is 1. The number of thiazole rings is 1. The van der Waals surface area contributed by atoms with Crippen LogP contribution in [0.15, 0.2) is 23.6 Å². The molecule has 0 atom stereocenters. The number of nitrogens with one attached hydrogen (secondary N) is 1. The third-order valence-electron chi connectivity index (χ3n) is 6.34. The molecular weight excluding hydrogens is 474 g/mol. The Balaban J connectivity index is 1.27. The standard InChI is InChI=1S/C27H43N5O3S/c1-22-7-8-23(2)24(19-22)20-31-11-13-32(14-12-31)27-30-25(21-36-27)26(33)29-10-6-18-35-16-4-3-15-34-17-5-9-28/h7-8,19,21H,3-6,9-18,20,28H2,1-2H3,(H,29,33). The van der Waals surface area contributed by atoms with Gasteiger partial charge in [0.2, 0.25) is 0 Å². The monoisotopic (exact) mass is 517 g/mol. The Morgan fingerprint density at radius 2 is 1.72 bits per heavy atom. The van der Waals surface area contributed by atoms with E-state index in [0.29, 0.717) is 25.4 Å². The summed E-state index contributed by atoms with van der Waals surface area (Å²) in [4.78, 5) is 21.9. The molecule has 0 aliphatic carbocycles. The number of nitrogens with zero attached hydrogens (tertiary/aromatic N) is 3. The minimum Gasteiger partial charge on any atom is -0.381 e. The van der Waals surface area contributed by atoms with Crippen molar-refractivity contribution in [2.24, 2.45) is 5.73 Å². The van der Waals surface area contributed by atoms with Crippen LogP contribution in [0.2, 0.25) is 0 Å². The zero-order chi connectivity index (χ0) is 25.6. The normalized spacial score (nSPS) is 14.4. The molecule has 1 aliphatic heterocycles. The molecule has 1 saturated heterocycles. The summed E-state index contributed by atoms with van der Waals surface area (Å²) in [6.45, 7) is 13.3. The molecular formula is C27H43N5O3S. The molecule has 1 aromatic heterocycles. The van der Waals surface area contributed by atoms with Gasteiger partial charge in [-0.25, -0.2) is 4.98 Å². The maximum Gasteiger partial charge on any atom is 0.270 e. The fraction of sp³-hybridized carbons (Fsp3) is 0.630. The number of aromatic nitrogens is 1. The molecule has 2 heterocycles. The van der Waals surface area contributed by atoms with Crippen molar-refractivity contribution in [3.63, 3.8) is 0 Å². The molecule has 0 radical (unpaired) electrons. The Morgan fingerprint density at radius 1 is 1.03 bits per heavy atom. The van der Waals surface area contributed by atoms with Crippen LogP contribution in [-0.2, 0) is 16.0 Å². The summed E-state index contributed by atoms with van der Waals surface area (Å²) in [5, 5.41) is 5.75. The van der Waals surface area contributed by atoms with Crippen LogP contribution in [0.3, 0.4) is 0 Å². The van der Waals surface area contributed by atoms with Gasteiger partial charge in [-0.05, 0) is 57.2 Å². The number of piperazine rings is 1. The predicted octanol–water partition coefficient (Wildman–Crippen LogP) is 3.36. The lowest BCUT2D eigenvalue weighted by Crippen LogP contribution is -2.46. The minimum atomic E-state index is -0.110. The topological polar surface area (TPSA) is 93.0 Å². The zero-order valence-corrected chi connectivity index (χ0v) is 22.8. The molecule has 1 aliphatic rings. The van der Waals surface area contributed by atoms with Crippen molar-refractivity contribution in [2.75, 3.05) is 70.6 Å². The largest absolute Gasteiger partial charge is 0.381 e. The van der Waals surface area contributed by atoms with Crippen LogP contribution in [-0.4, -0.2) is 81.5 Å². The van der Waals surface area contributed by atoms with E-state index in [4.69, 9.17) is 15.2 Å². The third-order valence-corrected chi connectivity index (χ3v) is 7.24. The minimum absolute atomic E-state index is 0.110. The summed E-state index contributed by atoms with van der Waals surface area (Å²) in [6, 6.07) is 6.68. The third kappa shape index (κ3) is 9.78. The van der Waals surface area contributed by atoms with Crippen LogP contribution >= 0.6 is 11.3 Å². The second-order valence-corrected chi connectivity index (χ2v) is 10.2. The average molecular weight is 518 g/mol. The molecule has 3 N–H and O–H groups in total. The van der Waals surface area contributed by atoms with Crippen molar-refractivity contribution in [2.45, 2.75) is 46.1 Å². The van der Waals surface area contributed by atoms with Gasteiger partial charge in [0.15, 0.2) is 5.13 Å². The number of carbonyl (C=O) groups is 1. The van der Waals surface area contributed by atoms with E-state index in [1.165, 1.54) is 16.7 Å². The van der Waals surface area contributed by atoms with E-state index in [0.717, 1.165) is 83.4 Å². The molecule has 0 spiro atoms. The number of rotatable bonds is 16. The smallest absolute Gasteiger partial charge is 0.270 e. The Bertz CT molecular complexity index is 915. The van der Waals surface area contributed by atoms with Crippen molar-refractivity contribution in [3.05, 3.63) is 46.0 Å². The van der Waals surface area contributed by atoms with Crippen molar-refractivity contribution in [3.8, 4) is 0 Å². The van der Waals surface area contributed by atoms with Crippen molar-refractivity contribution in [1.29, 1.82) is 0 Å². The molecule has 9 heteroatoms. The highest BCUT2D eigenvalue weighted by Crippen LogP contribution is 2.23. The number of hydrogen-bond acceptors (Lipinski definition) is 8. The first-order chi connectivity index (χ1) is 17.6. The van der Waals surface area contributed by atoms with Crippen molar-refractivity contribution >= 4 is 22.4 Å². The Morgan fingerprint density at radius 3 is 2.44 bits per heavy atom. The van der Waals surface area contributed by atoms with E-state index in [1.54, 1.807) is 11.3 Å². The molecule has 0 bridgehead atoms. The average Bonchev–Trinajstić information content (AvgIpc) is 3.38. The number of hydrogen-bond donors (Lipinski definition) is 2. The number of amides is 1. The Hall–Kier alpha value is -2.04. The maximum atomic E-state index is 12.5. The summed E-state index contributed by atoms with van der Waals surface area (Å²) in [6.07, 6.45) is 3.68. The van der Waals surface area contributed by atoms with Gasteiger partial charge in [0.05, 0.1) is 0 Å². The summed E-state index contributed by atoms with van der Waals surface area (Å²) in [7, 11) is 0. The second-order valence-electron chi connectivity index (χ2n) is 9.39. The fourth-order valence-electron chi connectivity index (χ4n) is 4.09. The van der Waals surface area contributed by atoms with Crippen LogP contribution in [0.1, 0.15) is 52.9 Å². The van der Waals surface area contributed by atoms with E-state index in [9.17, 15) is 4.79 Å². The second kappa shape index (κ2) is 15.9. The van der Waals surface area contributed by atoms with Crippen LogP contribution in [0, 0.1) is 13.8 Å². The van der Waals surface area contributed by atoms with E-state index >= 15 is 0 Å². The van der Waals surface area contributed by atoms with Crippen LogP contribution < -0.4 is 16.0 Å². The van der Waals surface area contributed by atoms with Gasteiger partial charge in [0, 0.05) is 71.1 Å². The van der Waals surface area contributed by atoms with Crippen LogP contribution in [0.4, 0.5) is 5.13 Å². The molecule has 1 fully saturated rings. The number of carbonyl (C=O) groups excluding carboxylic acids is 1. The van der Waals surface area contributed by atoms with Crippen molar-refractivity contribution < 1.29 is 14.3 Å². The summed E-state index contributed by atoms with van der Waals surface area (Å²) in [5.74, 6) is -0.110. The number of unbranched alkanes of at least 4 members (excludes halogenated alkanes) is 1. The van der Waals surface area contributed by atoms with Gasteiger partial charge < -0.3 is 25.4 Å². The van der Waals surface area contributed by atoms with Crippen molar-refractivity contribution in [1.82, 2.24) is 15.2 Å². The van der Waals surface area contributed by atoms with Gasteiger partial charge in [0.1, 0.15) is 5.69 Å². The number of ether oxygens (including phenoxy) is 2. The summed E-state index contributed by atoms with van der Waals surface area (Å²) >= 11 is 1.55. The summed E-state index contributed by atoms with van der Waals surface area (Å²) < 4.78 is 11.1. The Labute approximate surface area is 220 Å². The quantitative estimate of drug-likeness (QED) is 0.330.